The van der Waals surface area contributed by atoms with E-state index in [2.05, 4.69) is 5.32 Å². The lowest BCUT2D eigenvalue weighted by atomic mass is 10.0. The number of ketones is 1. The van der Waals surface area contributed by atoms with Gasteiger partial charge in [0, 0.05) is 24.7 Å². The van der Waals surface area contributed by atoms with Gasteiger partial charge in [-0.25, -0.2) is 0 Å². The predicted octanol–water partition coefficient (Wildman–Crippen LogP) is 3.50. The van der Waals surface area contributed by atoms with E-state index in [4.69, 9.17) is 14.9 Å². The molecule has 3 rings (SSSR count). The van der Waals surface area contributed by atoms with E-state index in [0.29, 0.717) is 23.5 Å². The molecule has 10 heteroatoms. The predicted molar refractivity (Wildman–Crippen MR) is 111 cm³/mol. The molecular weight excluding hydrogens is 427 g/mol. The molecule has 0 aromatic heterocycles. The number of benzene rings is 2. The van der Waals surface area contributed by atoms with Gasteiger partial charge in [-0.2, -0.15) is 13.2 Å². The van der Waals surface area contributed by atoms with Gasteiger partial charge in [0.25, 0.3) is 5.91 Å². The fraction of sp³-hybridized carbons (Fsp3) is 0.318. The second kappa shape index (κ2) is 8.89. The minimum absolute atomic E-state index is 0.00566. The van der Waals surface area contributed by atoms with Gasteiger partial charge < -0.3 is 19.7 Å². The lowest BCUT2D eigenvalue weighted by molar-refractivity contribution is -0.138. The van der Waals surface area contributed by atoms with Gasteiger partial charge in [0.15, 0.2) is 5.78 Å². The number of alkyl halides is 3. The van der Waals surface area contributed by atoms with Crippen LogP contribution in [0.1, 0.15) is 44.3 Å². The number of nitrogens with one attached hydrogen (secondary N) is 2. The zero-order valence-electron chi connectivity index (χ0n) is 17.7. The summed E-state index contributed by atoms with van der Waals surface area (Å²) >= 11 is 0. The summed E-state index contributed by atoms with van der Waals surface area (Å²) in [5.74, 6) is -0.966. The second-order valence-corrected chi connectivity index (χ2v) is 7.06. The molecule has 1 aliphatic heterocycles. The minimum atomic E-state index is -4.68. The van der Waals surface area contributed by atoms with Crippen LogP contribution in [0.25, 0.3) is 0 Å². The highest BCUT2D eigenvalue weighted by atomic mass is 19.4. The first-order valence-corrected chi connectivity index (χ1v) is 9.74. The molecule has 0 spiro atoms. The highest BCUT2D eigenvalue weighted by molar-refractivity contribution is 6.07. The Bertz CT molecular complexity index is 1080. The lowest BCUT2D eigenvalue weighted by Crippen LogP contribution is -2.30. The van der Waals surface area contributed by atoms with Crippen molar-refractivity contribution >= 4 is 17.5 Å². The number of carbonyl (C=O) groups is 2. The summed E-state index contributed by atoms with van der Waals surface area (Å²) in [4.78, 5) is 26.4. The number of ether oxygens (including phenoxy) is 2. The number of amidine groups is 1. The number of amides is 1. The maximum Gasteiger partial charge on any atom is 0.419 e. The number of carbonyl (C=O) groups excluding carboxylic acids is 2. The highest BCUT2D eigenvalue weighted by Gasteiger charge is 2.35. The maximum absolute atomic E-state index is 13.3. The third kappa shape index (κ3) is 4.39. The van der Waals surface area contributed by atoms with E-state index in [9.17, 15) is 22.8 Å². The third-order valence-corrected chi connectivity index (χ3v) is 5.07. The number of hydrogen-bond acceptors (Lipinski definition) is 5. The molecule has 0 aliphatic carbocycles. The Labute approximate surface area is 182 Å². The van der Waals surface area contributed by atoms with Crippen molar-refractivity contribution in [2.24, 2.45) is 0 Å². The van der Waals surface area contributed by atoms with Gasteiger partial charge in [-0.1, -0.05) is 0 Å². The van der Waals surface area contributed by atoms with Crippen LogP contribution in [0.5, 0.6) is 11.5 Å². The van der Waals surface area contributed by atoms with Gasteiger partial charge >= 0.3 is 6.18 Å². The van der Waals surface area contributed by atoms with Crippen molar-refractivity contribution in [1.29, 1.82) is 5.41 Å². The third-order valence-electron chi connectivity index (χ3n) is 5.07. The van der Waals surface area contributed by atoms with Crippen LogP contribution in [0.15, 0.2) is 30.3 Å². The Balaban J connectivity index is 1.87. The average molecular weight is 449 g/mol. The SMILES string of the molecule is CCOc1cc2c(cc1C(=O)NC)C(=N)N(CC(=O)c1ccc(OC)c(C(F)(F)F)c1)C2. The molecule has 0 fully saturated rings. The standard InChI is InChI=1S/C22H22F3N3O4/c1-4-32-19-8-13-10-28(20(26)14(13)9-15(19)21(30)27-2)11-17(29)12-5-6-18(31-3)16(7-12)22(23,24)25/h5-9,26H,4,10-11H2,1-3H3,(H,27,30). The Morgan fingerprint density at radius 1 is 1.19 bits per heavy atom. The van der Waals surface area contributed by atoms with Gasteiger partial charge in [0.2, 0.25) is 0 Å². The molecule has 0 bridgehead atoms. The molecule has 7 nitrogen and oxygen atoms in total. The molecule has 1 aliphatic rings. The molecule has 0 unspecified atom stereocenters. The molecule has 32 heavy (non-hydrogen) atoms. The molecule has 0 atom stereocenters. The fourth-order valence-corrected chi connectivity index (χ4v) is 3.52. The Morgan fingerprint density at radius 2 is 1.91 bits per heavy atom. The summed E-state index contributed by atoms with van der Waals surface area (Å²) in [5, 5.41) is 10.9. The normalized spacial score (nSPS) is 13.1. The van der Waals surface area contributed by atoms with E-state index in [0.717, 1.165) is 19.2 Å². The molecule has 1 heterocycles. The first kappa shape index (κ1) is 23.1. The molecule has 0 radical (unpaired) electrons. The second-order valence-electron chi connectivity index (χ2n) is 7.06. The van der Waals surface area contributed by atoms with Gasteiger partial charge in [-0.15, -0.1) is 0 Å². The van der Waals surface area contributed by atoms with Gasteiger partial charge in [-0.05, 0) is 42.8 Å². The highest BCUT2D eigenvalue weighted by Crippen LogP contribution is 2.37. The largest absolute Gasteiger partial charge is 0.496 e. The van der Waals surface area contributed by atoms with Crippen molar-refractivity contribution in [3.63, 3.8) is 0 Å². The van der Waals surface area contributed by atoms with Crippen LogP contribution in [0, 0.1) is 5.41 Å². The maximum atomic E-state index is 13.3. The van der Waals surface area contributed by atoms with E-state index >= 15 is 0 Å². The molecule has 2 aromatic rings. The first-order chi connectivity index (χ1) is 15.1. The van der Waals surface area contributed by atoms with Crippen LogP contribution in [0.3, 0.4) is 0 Å². The first-order valence-electron chi connectivity index (χ1n) is 9.74. The molecular formula is C22H22F3N3O4. The number of halogens is 3. The van der Waals surface area contributed by atoms with Crippen LogP contribution in [-0.2, 0) is 12.7 Å². The van der Waals surface area contributed by atoms with Crippen LogP contribution in [-0.4, -0.2) is 49.7 Å². The number of nitrogens with zero attached hydrogens (tertiary/aromatic N) is 1. The topological polar surface area (TPSA) is 91.7 Å². The van der Waals surface area contributed by atoms with Crippen molar-refractivity contribution in [3.05, 3.63) is 58.1 Å². The van der Waals surface area contributed by atoms with E-state index < -0.39 is 17.5 Å². The van der Waals surface area contributed by atoms with Crippen LogP contribution >= 0.6 is 0 Å². The van der Waals surface area contributed by atoms with Gasteiger partial charge in [0.05, 0.1) is 31.4 Å². The van der Waals surface area contributed by atoms with Crippen LogP contribution in [0.4, 0.5) is 13.2 Å². The van der Waals surface area contributed by atoms with Crippen LogP contribution in [0.2, 0.25) is 0 Å². The zero-order valence-corrected chi connectivity index (χ0v) is 17.7. The van der Waals surface area contributed by atoms with Gasteiger partial charge in [-0.3, -0.25) is 15.0 Å². The van der Waals surface area contributed by atoms with E-state index in [1.165, 1.54) is 24.1 Å². The summed E-state index contributed by atoms with van der Waals surface area (Å²) in [5.41, 5.74) is 0.233. The minimum Gasteiger partial charge on any atom is -0.496 e. The molecule has 170 valence electrons. The zero-order chi connectivity index (χ0) is 23.6. The Kier molecular flexibility index (Phi) is 6.42. The average Bonchev–Trinajstić information content (AvgIpc) is 3.06. The molecule has 2 aromatic carbocycles. The molecule has 0 saturated heterocycles. The summed E-state index contributed by atoms with van der Waals surface area (Å²) in [6, 6.07) is 6.30. The van der Waals surface area contributed by atoms with Crippen molar-refractivity contribution in [3.8, 4) is 11.5 Å². The monoisotopic (exact) mass is 449 g/mol. The quantitative estimate of drug-likeness (QED) is 0.632. The summed E-state index contributed by atoms with van der Waals surface area (Å²) < 4.78 is 50.1. The summed E-state index contributed by atoms with van der Waals surface area (Å²) in [6.07, 6.45) is -4.68. The van der Waals surface area contributed by atoms with Crippen molar-refractivity contribution < 1.29 is 32.2 Å². The van der Waals surface area contributed by atoms with Crippen molar-refractivity contribution in [2.75, 3.05) is 27.3 Å². The lowest BCUT2D eigenvalue weighted by Gasteiger charge is -2.18. The van der Waals surface area contributed by atoms with E-state index in [1.54, 1.807) is 13.0 Å². The number of methoxy groups -OCH3 is 1. The van der Waals surface area contributed by atoms with Crippen molar-refractivity contribution in [2.45, 2.75) is 19.6 Å². The molecule has 1 amide bonds. The van der Waals surface area contributed by atoms with E-state index in [-0.39, 0.29) is 41.7 Å². The van der Waals surface area contributed by atoms with Crippen molar-refractivity contribution in [1.82, 2.24) is 10.2 Å². The number of rotatable bonds is 7. The Hall–Kier alpha value is -3.56. The molecule has 2 N–H and O–H groups in total. The number of fused-ring (bicyclic) bond motifs is 1. The fourth-order valence-electron chi connectivity index (χ4n) is 3.52. The van der Waals surface area contributed by atoms with E-state index in [1.807, 2.05) is 0 Å². The van der Waals surface area contributed by atoms with Crippen LogP contribution < -0.4 is 14.8 Å². The summed E-state index contributed by atoms with van der Waals surface area (Å²) in [6.45, 7) is 2.01. The number of hydrogen-bond donors (Lipinski definition) is 2. The summed E-state index contributed by atoms with van der Waals surface area (Å²) in [7, 11) is 2.60. The molecule has 0 saturated carbocycles. The van der Waals surface area contributed by atoms with Gasteiger partial charge in [0.1, 0.15) is 17.3 Å². The smallest absolute Gasteiger partial charge is 0.419 e. The number of Topliss-reactive ketones (excluding diaryl/α,β-unsaturated/α-hetero) is 1. The Morgan fingerprint density at radius 3 is 2.50 bits per heavy atom.